The van der Waals surface area contributed by atoms with Gasteiger partial charge in [-0.1, -0.05) is 43.8 Å². The predicted octanol–water partition coefficient (Wildman–Crippen LogP) is 4.10. The molecule has 0 aliphatic carbocycles. The van der Waals surface area contributed by atoms with E-state index in [1.54, 1.807) is 18.1 Å². The van der Waals surface area contributed by atoms with Crippen molar-refractivity contribution in [2.24, 2.45) is 0 Å². The first-order valence-corrected chi connectivity index (χ1v) is 7.21. The van der Waals surface area contributed by atoms with E-state index in [2.05, 4.69) is 60.3 Å². The summed E-state index contributed by atoms with van der Waals surface area (Å²) in [6, 6.07) is 8.37. The summed E-state index contributed by atoms with van der Waals surface area (Å²) in [5.74, 6) is 1.30. The van der Waals surface area contributed by atoms with E-state index in [0.717, 1.165) is 10.8 Å². The number of aryl methyl sites for hydroxylation is 1. The van der Waals surface area contributed by atoms with Crippen molar-refractivity contribution in [3.63, 3.8) is 0 Å². The smallest absolute Gasteiger partial charge is 0.133 e. The zero-order chi connectivity index (χ0) is 13.8. The van der Waals surface area contributed by atoms with Crippen LogP contribution in [0.5, 0.6) is 0 Å². The van der Waals surface area contributed by atoms with Gasteiger partial charge >= 0.3 is 0 Å². The van der Waals surface area contributed by atoms with E-state index in [1.807, 2.05) is 7.05 Å². The Morgan fingerprint density at radius 1 is 1.16 bits per heavy atom. The van der Waals surface area contributed by atoms with Crippen molar-refractivity contribution in [3.05, 3.63) is 41.7 Å². The van der Waals surface area contributed by atoms with Crippen LogP contribution in [0.3, 0.4) is 0 Å². The van der Waals surface area contributed by atoms with Gasteiger partial charge in [-0.3, -0.25) is 0 Å². The van der Waals surface area contributed by atoms with Crippen LogP contribution in [0.2, 0.25) is 0 Å². The summed E-state index contributed by atoms with van der Waals surface area (Å²) in [4.78, 5) is 10.0. The highest BCUT2D eigenvalue weighted by Gasteiger charge is 2.15. The number of anilines is 1. The van der Waals surface area contributed by atoms with Crippen molar-refractivity contribution in [2.45, 2.75) is 36.6 Å². The van der Waals surface area contributed by atoms with Crippen LogP contribution < -0.4 is 5.32 Å². The van der Waals surface area contributed by atoms with Crippen LogP contribution in [-0.2, 0) is 0 Å². The van der Waals surface area contributed by atoms with Gasteiger partial charge in [0, 0.05) is 17.5 Å². The molecule has 0 aliphatic rings. The van der Waals surface area contributed by atoms with Gasteiger partial charge in [-0.2, -0.15) is 0 Å². The molecule has 0 amide bonds. The van der Waals surface area contributed by atoms with E-state index in [-0.39, 0.29) is 0 Å². The lowest BCUT2D eigenvalue weighted by molar-refractivity contribution is 0.806. The minimum atomic E-state index is 0.384. The molecule has 2 rings (SSSR count). The lowest BCUT2D eigenvalue weighted by Gasteiger charge is -2.15. The summed E-state index contributed by atoms with van der Waals surface area (Å²) in [5, 5.41) is 4.18. The van der Waals surface area contributed by atoms with Crippen LogP contribution in [0, 0.1) is 6.92 Å². The van der Waals surface area contributed by atoms with Crippen LogP contribution in [0.25, 0.3) is 0 Å². The third kappa shape index (κ3) is 3.07. The molecule has 1 N–H and O–H groups in total. The van der Waals surface area contributed by atoms with E-state index in [4.69, 9.17) is 0 Å². The monoisotopic (exact) mass is 273 g/mol. The molecule has 1 heterocycles. The van der Waals surface area contributed by atoms with E-state index >= 15 is 0 Å². The minimum absolute atomic E-state index is 0.384. The fraction of sp³-hybridized carbons (Fsp3) is 0.333. The Labute approximate surface area is 118 Å². The summed E-state index contributed by atoms with van der Waals surface area (Å²) in [6.45, 7) is 6.46. The highest BCUT2D eigenvalue weighted by molar-refractivity contribution is 7.99. The molecule has 0 fully saturated rings. The molecule has 0 bridgehead atoms. The second-order valence-electron chi connectivity index (χ2n) is 4.71. The SMILES string of the molecule is CNc1ncnc(Sc2ccccc2C)c1C(C)C. The van der Waals surface area contributed by atoms with Crippen LogP contribution in [0.1, 0.15) is 30.9 Å². The minimum Gasteiger partial charge on any atom is -0.373 e. The fourth-order valence-electron chi connectivity index (χ4n) is 1.96. The molecule has 0 saturated heterocycles. The van der Waals surface area contributed by atoms with Gasteiger partial charge in [0.1, 0.15) is 17.2 Å². The number of nitrogens with zero attached hydrogens (tertiary/aromatic N) is 2. The average Bonchev–Trinajstić information content (AvgIpc) is 2.40. The van der Waals surface area contributed by atoms with E-state index in [9.17, 15) is 0 Å². The highest BCUT2D eigenvalue weighted by Crippen LogP contribution is 2.36. The molecule has 100 valence electrons. The lowest BCUT2D eigenvalue weighted by atomic mass is 10.1. The molecule has 0 unspecified atom stereocenters. The molecule has 1 aromatic carbocycles. The zero-order valence-corrected chi connectivity index (χ0v) is 12.6. The van der Waals surface area contributed by atoms with E-state index < -0.39 is 0 Å². The first-order chi connectivity index (χ1) is 9.13. The Morgan fingerprint density at radius 2 is 1.89 bits per heavy atom. The first kappa shape index (κ1) is 13.9. The van der Waals surface area contributed by atoms with Crippen LogP contribution >= 0.6 is 11.8 Å². The molecule has 3 nitrogen and oxygen atoms in total. The molecule has 0 radical (unpaired) electrons. The van der Waals surface area contributed by atoms with Crippen molar-refractivity contribution < 1.29 is 0 Å². The average molecular weight is 273 g/mol. The van der Waals surface area contributed by atoms with E-state index in [0.29, 0.717) is 5.92 Å². The van der Waals surface area contributed by atoms with E-state index in [1.165, 1.54) is 16.0 Å². The number of aromatic nitrogens is 2. The summed E-state index contributed by atoms with van der Waals surface area (Å²) in [5.41, 5.74) is 2.45. The Morgan fingerprint density at radius 3 is 2.53 bits per heavy atom. The standard InChI is InChI=1S/C15H19N3S/c1-10(2)13-14(16-4)17-9-18-15(13)19-12-8-6-5-7-11(12)3/h5-10H,1-4H3,(H,16,17,18). The molecule has 0 saturated carbocycles. The molecular weight excluding hydrogens is 254 g/mol. The Bertz CT molecular complexity index is 567. The second kappa shape index (κ2) is 6.06. The molecular formula is C15H19N3S. The topological polar surface area (TPSA) is 37.8 Å². The van der Waals surface area contributed by atoms with Gasteiger partial charge in [0.25, 0.3) is 0 Å². The Balaban J connectivity index is 2.43. The number of hydrogen-bond acceptors (Lipinski definition) is 4. The van der Waals surface area contributed by atoms with Crippen molar-refractivity contribution in [1.82, 2.24) is 9.97 Å². The second-order valence-corrected chi connectivity index (χ2v) is 5.74. The Hall–Kier alpha value is -1.55. The summed E-state index contributed by atoms with van der Waals surface area (Å²) < 4.78 is 0. The largest absolute Gasteiger partial charge is 0.373 e. The first-order valence-electron chi connectivity index (χ1n) is 6.39. The maximum absolute atomic E-state index is 4.46. The number of benzene rings is 1. The molecule has 19 heavy (non-hydrogen) atoms. The van der Waals surface area contributed by atoms with Gasteiger partial charge in [0.05, 0.1) is 0 Å². The molecule has 0 atom stereocenters. The molecule has 0 spiro atoms. The van der Waals surface area contributed by atoms with Gasteiger partial charge in [-0.05, 0) is 24.5 Å². The Kier molecular flexibility index (Phi) is 4.43. The third-order valence-electron chi connectivity index (χ3n) is 2.96. The van der Waals surface area contributed by atoms with Crippen LogP contribution in [-0.4, -0.2) is 17.0 Å². The fourth-order valence-corrected chi connectivity index (χ4v) is 3.08. The third-order valence-corrected chi connectivity index (χ3v) is 4.16. The van der Waals surface area contributed by atoms with Crippen molar-refractivity contribution in [1.29, 1.82) is 0 Å². The van der Waals surface area contributed by atoms with Gasteiger partial charge in [-0.15, -0.1) is 0 Å². The summed E-state index contributed by atoms with van der Waals surface area (Å²) in [7, 11) is 1.90. The van der Waals surface area contributed by atoms with Crippen LogP contribution in [0.15, 0.2) is 40.5 Å². The van der Waals surface area contributed by atoms with Crippen LogP contribution in [0.4, 0.5) is 5.82 Å². The quantitative estimate of drug-likeness (QED) is 0.851. The van der Waals surface area contributed by atoms with Gasteiger partial charge < -0.3 is 5.32 Å². The zero-order valence-electron chi connectivity index (χ0n) is 11.8. The van der Waals surface area contributed by atoms with Crippen molar-refractivity contribution in [3.8, 4) is 0 Å². The van der Waals surface area contributed by atoms with Gasteiger partial charge in [0.2, 0.25) is 0 Å². The number of rotatable bonds is 4. The number of hydrogen-bond donors (Lipinski definition) is 1. The summed E-state index contributed by atoms with van der Waals surface area (Å²) >= 11 is 1.71. The molecule has 1 aromatic heterocycles. The van der Waals surface area contributed by atoms with Crippen molar-refractivity contribution >= 4 is 17.6 Å². The molecule has 0 aliphatic heterocycles. The van der Waals surface area contributed by atoms with Gasteiger partial charge in [-0.25, -0.2) is 9.97 Å². The predicted molar refractivity (Wildman–Crippen MR) is 81.0 cm³/mol. The maximum Gasteiger partial charge on any atom is 0.133 e. The number of nitrogens with one attached hydrogen (secondary N) is 1. The molecule has 2 aromatic rings. The lowest BCUT2D eigenvalue weighted by Crippen LogP contribution is -2.04. The normalized spacial score (nSPS) is 10.8. The maximum atomic E-state index is 4.46. The van der Waals surface area contributed by atoms with Crippen molar-refractivity contribution in [2.75, 3.05) is 12.4 Å². The summed E-state index contributed by atoms with van der Waals surface area (Å²) in [6.07, 6.45) is 1.62. The molecule has 4 heteroatoms. The highest BCUT2D eigenvalue weighted by atomic mass is 32.2. The van der Waals surface area contributed by atoms with Gasteiger partial charge in [0.15, 0.2) is 0 Å².